The van der Waals surface area contributed by atoms with Crippen molar-refractivity contribution in [3.8, 4) is 0 Å². The highest BCUT2D eigenvalue weighted by atomic mass is 16.3. The molecule has 0 aromatic heterocycles. The summed E-state index contributed by atoms with van der Waals surface area (Å²) in [5.74, 6) is -0.00231. The van der Waals surface area contributed by atoms with Gasteiger partial charge in [-0.2, -0.15) is 0 Å². The number of carbonyl (C=O) groups excluding carboxylic acids is 1. The molecule has 0 radical (unpaired) electrons. The first kappa shape index (κ1) is 5.15. The molecule has 3 nitrogen and oxygen atoms in total. The summed E-state index contributed by atoms with van der Waals surface area (Å²) in [6.45, 7) is 1.59. The van der Waals surface area contributed by atoms with E-state index in [-0.39, 0.29) is 11.8 Å². The van der Waals surface area contributed by atoms with Gasteiger partial charge < -0.3 is 5.11 Å². The van der Waals surface area contributed by atoms with Crippen molar-refractivity contribution in [2.45, 2.75) is 6.92 Å². The highest BCUT2D eigenvalue weighted by molar-refractivity contribution is 6.00. The molecule has 0 saturated carbocycles. The molecule has 0 bridgehead atoms. The number of amides is 1. The fourth-order valence-electron chi connectivity index (χ4n) is 0.642. The van der Waals surface area contributed by atoms with Gasteiger partial charge in [0.2, 0.25) is 5.88 Å². The van der Waals surface area contributed by atoms with Crippen LogP contribution in [0.15, 0.2) is 11.5 Å². The van der Waals surface area contributed by atoms with Gasteiger partial charge in [0.25, 0.3) is 5.91 Å². The zero-order chi connectivity index (χ0) is 6.31. The third-order valence-electron chi connectivity index (χ3n) is 1.28. The molecule has 0 saturated heterocycles. The van der Waals surface area contributed by atoms with Crippen LogP contribution in [0.5, 0.6) is 0 Å². The largest absolute Gasteiger partial charge is 0.494 e. The molecule has 0 spiro atoms. The number of hydrogen-bond donors (Lipinski definition) is 1. The summed E-state index contributed by atoms with van der Waals surface area (Å²) < 4.78 is 0. The second-order valence-electron chi connectivity index (χ2n) is 1.81. The van der Waals surface area contributed by atoms with Crippen molar-refractivity contribution in [1.82, 2.24) is 4.90 Å². The van der Waals surface area contributed by atoms with Crippen molar-refractivity contribution in [2.75, 3.05) is 7.05 Å². The van der Waals surface area contributed by atoms with E-state index in [2.05, 4.69) is 0 Å². The molecule has 0 atom stereocenters. The third-order valence-corrected chi connectivity index (χ3v) is 1.28. The lowest BCUT2D eigenvalue weighted by atomic mass is 10.2. The molecule has 1 amide bonds. The highest BCUT2D eigenvalue weighted by Gasteiger charge is 2.28. The van der Waals surface area contributed by atoms with Gasteiger partial charge in [-0.3, -0.25) is 9.69 Å². The van der Waals surface area contributed by atoms with Crippen LogP contribution in [0.25, 0.3) is 0 Å². The molecule has 3 heteroatoms. The van der Waals surface area contributed by atoms with E-state index in [9.17, 15) is 4.79 Å². The van der Waals surface area contributed by atoms with Gasteiger partial charge in [-0.25, -0.2) is 0 Å². The molecular weight excluding hydrogens is 106 g/mol. The van der Waals surface area contributed by atoms with Crippen LogP contribution in [0.1, 0.15) is 6.92 Å². The smallest absolute Gasteiger partial charge is 0.261 e. The minimum atomic E-state index is -0.0949. The van der Waals surface area contributed by atoms with Gasteiger partial charge in [-0.05, 0) is 6.92 Å². The number of likely N-dealkylation sites (N-methyl/N-ethyl adjacent to an activating group) is 1. The molecule has 0 aliphatic carbocycles. The Kier molecular flexibility index (Phi) is 0.802. The van der Waals surface area contributed by atoms with Crippen molar-refractivity contribution >= 4 is 5.91 Å². The number of aliphatic hydroxyl groups excluding tert-OH is 1. The maximum atomic E-state index is 10.5. The zero-order valence-corrected chi connectivity index (χ0v) is 4.80. The van der Waals surface area contributed by atoms with Gasteiger partial charge in [-0.15, -0.1) is 0 Å². The molecule has 1 heterocycles. The van der Waals surface area contributed by atoms with Crippen molar-refractivity contribution in [1.29, 1.82) is 0 Å². The molecule has 0 fully saturated rings. The molecule has 1 aliphatic heterocycles. The van der Waals surface area contributed by atoms with Gasteiger partial charge in [0.1, 0.15) is 0 Å². The Morgan fingerprint density at radius 1 is 1.62 bits per heavy atom. The van der Waals surface area contributed by atoms with E-state index in [1.54, 1.807) is 6.92 Å². The van der Waals surface area contributed by atoms with Gasteiger partial charge in [0, 0.05) is 7.05 Å². The van der Waals surface area contributed by atoms with Crippen molar-refractivity contribution < 1.29 is 9.90 Å². The van der Waals surface area contributed by atoms with E-state index < -0.39 is 0 Å². The third kappa shape index (κ3) is 0.358. The highest BCUT2D eigenvalue weighted by Crippen LogP contribution is 2.18. The van der Waals surface area contributed by atoms with Crippen molar-refractivity contribution in [2.24, 2.45) is 0 Å². The Hall–Kier alpha value is -0.990. The zero-order valence-electron chi connectivity index (χ0n) is 4.80. The standard InChI is InChI=1S/C5H7NO2/c1-3-4(7)6(2)5(3)8/h7H,1-2H3. The van der Waals surface area contributed by atoms with E-state index in [1.165, 1.54) is 11.9 Å². The van der Waals surface area contributed by atoms with Crippen LogP contribution >= 0.6 is 0 Å². The maximum Gasteiger partial charge on any atom is 0.261 e. The lowest BCUT2D eigenvalue weighted by molar-refractivity contribution is -0.130. The molecule has 1 rings (SSSR count). The Morgan fingerprint density at radius 2 is 2.12 bits per heavy atom. The van der Waals surface area contributed by atoms with Crippen LogP contribution < -0.4 is 0 Å². The van der Waals surface area contributed by atoms with Crippen LogP contribution in [0.4, 0.5) is 0 Å². The van der Waals surface area contributed by atoms with Crippen LogP contribution in [0, 0.1) is 0 Å². The van der Waals surface area contributed by atoms with Crippen molar-refractivity contribution in [3.05, 3.63) is 11.5 Å². The second kappa shape index (κ2) is 1.24. The summed E-state index contributed by atoms with van der Waals surface area (Å²) >= 11 is 0. The quantitative estimate of drug-likeness (QED) is 0.489. The van der Waals surface area contributed by atoms with E-state index in [1.807, 2.05) is 0 Å². The molecule has 1 N–H and O–H groups in total. The first-order valence-corrected chi connectivity index (χ1v) is 2.32. The average Bonchev–Trinajstić information content (AvgIpc) is 1.83. The van der Waals surface area contributed by atoms with Crippen LogP contribution in [-0.2, 0) is 4.79 Å². The Labute approximate surface area is 47.2 Å². The molecule has 0 unspecified atom stereocenters. The summed E-state index contributed by atoms with van der Waals surface area (Å²) in [7, 11) is 1.53. The molecular formula is C5H7NO2. The van der Waals surface area contributed by atoms with E-state index in [0.717, 1.165) is 0 Å². The Balaban J connectivity index is 2.90. The van der Waals surface area contributed by atoms with E-state index in [0.29, 0.717) is 5.57 Å². The van der Waals surface area contributed by atoms with Gasteiger partial charge in [0.05, 0.1) is 5.57 Å². The second-order valence-corrected chi connectivity index (χ2v) is 1.81. The number of aliphatic hydroxyl groups is 1. The summed E-state index contributed by atoms with van der Waals surface area (Å²) in [5.41, 5.74) is 0.451. The summed E-state index contributed by atoms with van der Waals surface area (Å²) in [6, 6.07) is 0. The average molecular weight is 113 g/mol. The number of nitrogens with zero attached hydrogens (tertiary/aromatic N) is 1. The van der Waals surface area contributed by atoms with Gasteiger partial charge >= 0.3 is 0 Å². The lowest BCUT2D eigenvalue weighted by Gasteiger charge is -2.26. The van der Waals surface area contributed by atoms with Gasteiger partial charge in [-0.1, -0.05) is 0 Å². The van der Waals surface area contributed by atoms with Crippen LogP contribution in [0.3, 0.4) is 0 Å². The number of hydrogen-bond acceptors (Lipinski definition) is 2. The predicted molar refractivity (Wildman–Crippen MR) is 28.1 cm³/mol. The lowest BCUT2D eigenvalue weighted by Crippen LogP contribution is -2.37. The SMILES string of the molecule is CC1=C(O)N(C)C1=O. The number of rotatable bonds is 0. The minimum Gasteiger partial charge on any atom is -0.494 e. The summed E-state index contributed by atoms with van der Waals surface area (Å²) in [5, 5.41) is 8.74. The molecule has 0 aromatic carbocycles. The maximum absolute atomic E-state index is 10.5. The topological polar surface area (TPSA) is 40.5 Å². The molecule has 44 valence electrons. The number of carbonyl (C=O) groups is 1. The van der Waals surface area contributed by atoms with Crippen molar-refractivity contribution in [3.63, 3.8) is 0 Å². The molecule has 0 aromatic rings. The first-order chi connectivity index (χ1) is 3.64. The fraction of sp³-hybridized carbons (Fsp3) is 0.400. The van der Waals surface area contributed by atoms with Gasteiger partial charge in [0.15, 0.2) is 0 Å². The van der Waals surface area contributed by atoms with E-state index in [4.69, 9.17) is 5.11 Å². The summed E-state index contributed by atoms with van der Waals surface area (Å²) in [6.07, 6.45) is 0. The predicted octanol–water partition coefficient (Wildman–Crippen LogP) is 0.248. The molecule has 1 aliphatic rings. The first-order valence-electron chi connectivity index (χ1n) is 2.32. The molecule has 8 heavy (non-hydrogen) atoms. The van der Waals surface area contributed by atoms with E-state index >= 15 is 0 Å². The fourth-order valence-corrected chi connectivity index (χ4v) is 0.642. The van der Waals surface area contributed by atoms with Crippen LogP contribution in [0.2, 0.25) is 0 Å². The monoisotopic (exact) mass is 113 g/mol. The van der Waals surface area contributed by atoms with Crippen LogP contribution in [-0.4, -0.2) is 23.0 Å². The minimum absolute atomic E-state index is 0.0926. The Bertz CT molecular complexity index is 171. The normalized spacial score (nSPS) is 19.2. The summed E-state index contributed by atoms with van der Waals surface area (Å²) in [4.78, 5) is 11.7. The Morgan fingerprint density at radius 3 is 2.25 bits per heavy atom.